The number of amides is 4. The average Bonchev–Trinajstić information content (AvgIpc) is 4.22. The van der Waals surface area contributed by atoms with Gasteiger partial charge in [0.05, 0.1) is 81.2 Å². The van der Waals surface area contributed by atoms with Crippen LogP contribution < -0.4 is 26.2 Å². The number of oxazole rings is 1. The van der Waals surface area contributed by atoms with Gasteiger partial charge < -0.3 is 58.8 Å². The van der Waals surface area contributed by atoms with Gasteiger partial charge in [0, 0.05) is 58.4 Å². The van der Waals surface area contributed by atoms with E-state index < -0.39 is 29.5 Å². The largest absolute Gasteiger partial charge is 0.490 e. The fraction of sp³-hybridized carbons (Fsp3) is 0.473. The van der Waals surface area contributed by atoms with Crippen LogP contribution in [0.4, 0.5) is 5.69 Å². The van der Waals surface area contributed by atoms with E-state index in [9.17, 15) is 29.1 Å². The number of thiazole rings is 1. The lowest BCUT2D eigenvalue weighted by molar-refractivity contribution is -0.144. The molecule has 1 saturated heterocycles. The van der Waals surface area contributed by atoms with Crippen molar-refractivity contribution in [3.05, 3.63) is 106 Å². The smallest absolute Gasteiger partial charge is 0.274 e. The molecule has 0 unspecified atom stereocenters. The summed E-state index contributed by atoms with van der Waals surface area (Å²) in [6.07, 6.45) is 1.90. The number of methoxy groups -OCH3 is 1. The molecule has 420 valence electrons. The summed E-state index contributed by atoms with van der Waals surface area (Å²) in [5.74, 6) is -0.632. The molecule has 2 aromatic carbocycles. The molecular formula is C55H71N9O13S. The summed E-state index contributed by atoms with van der Waals surface area (Å²) in [6.45, 7) is 14.5. The molecule has 3 atom stereocenters. The Morgan fingerprint density at radius 2 is 1.58 bits per heavy atom. The quantitative estimate of drug-likeness (QED) is 0.0473. The predicted molar refractivity (Wildman–Crippen MR) is 292 cm³/mol. The minimum Gasteiger partial charge on any atom is -0.490 e. The van der Waals surface area contributed by atoms with Crippen molar-refractivity contribution in [1.82, 2.24) is 40.3 Å². The van der Waals surface area contributed by atoms with Crippen molar-refractivity contribution in [3.8, 4) is 27.8 Å². The van der Waals surface area contributed by atoms with E-state index in [4.69, 9.17) is 32.8 Å². The Kier molecular flexibility index (Phi) is 23.4. The molecule has 0 saturated carbocycles. The van der Waals surface area contributed by atoms with Crippen LogP contribution in [0.3, 0.4) is 0 Å². The van der Waals surface area contributed by atoms with Gasteiger partial charge in [-0.1, -0.05) is 52.0 Å². The fourth-order valence-corrected chi connectivity index (χ4v) is 8.67. The zero-order chi connectivity index (χ0) is 56.0. The van der Waals surface area contributed by atoms with E-state index in [-0.39, 0.29) is 67.4 Å². The van der Waals surface area contributed by atoms with Crippen LogP contribution in [0.5, 0.6) is 5.75 Å². The third-order valence-corrected chi connectivity index (χ3v) is 13.0. The van der Waals surface area contributed by atoms with Crippen LogP contribution in [0.1, 0.15) is 68.7 Å². The third-order valence-electron chi connectivity index (χ3n) is 12.0. The standard InChI is InChI=1S/C28H40N4O6S.C27H31N5O7/c1-18-24(39-17-30-18)20-8-6-19(7-9-20)15-29-26(35)22-14-21(33)16-32(22)27(36)25(28(2,3)4)31-23(34)10-11-38-13-12-37-5;1-3-10-35-11-12-36-13-14-37-15-16-38-20-5-6-21(28-18-20)26(34)29-19-4-8-24-23(17-19)30-27(39-24)22-7-9-25(33)32(2)31-22/h6-9,17,21-22,25,33H,10-16H2,1-5H3,(H,29,35)(H,31,34);4-9,17-18H,3,10-16H2,1-2H3,(H,29,34)/t21-,22+,25-;/m0./s1. The molecule has 78 heavy (non-hydrogen) atoms. The topological polar surface area (TPSA) is 270 Å². The zero-order valence-corrected chi connectivity index (χ0v) is 46.1. The highest BCUT2D eigenvalue weighted by Gasteiger charge is 2.44. The van der Waals surface area contributed by atoms with Gasteiger partial charge in [0.2, 0.25) is 23.6 Å². The number of aliphatic hydroxyl groups excluding tert-OH is 1. The normalized spacial score (nSPS) is 14.6. The van der Waals surface area contributed by atoms with Crippen LogP contribution in [0.15, 0.2) is 87.6 Å². The minimum atomic E-state index is -0.868. The number of ether oxygens (including phenoxy) is 6. The number of pyridine rings is 1. The molecule has 0 spiro atoms. The van der Waals surface area contributed by atoms with E-state index in [2.05, 4.69) is 42.9 Å². The summed E-state index contributed by atoms with van der Waals surface area (Å²) in [5, 5.41) is 23.0. The lowest BCUT2D eigenvalue weighted by atomic mass is 9.85. The number of hydrogen-bond donors (Lipinski definition) is 4. The van der Waals surface area contributed by atoms with Crippen molar-refractivity contribution in [1.29, 1.82) is 0 Å². The van der Waals surface area contributed by atoms with Gasteiger partial charge in [-0.05, 0) is 66.3 Å². The first kappa shape index (κ1) is 60.2. The number of carbonyl (C=O) groups excluding carboxylic acids is 4. The Bertz CT molecular complexity index is 2920. The number of benzene rings is 2. The Balaban J connectivity index is 0.000000252. The van der Waals surface area contributed by atoms with Crippen molar-refractivity contribution in [2.45, 2.75) is 78.6 Å². The summed E-state index contributed by atoms with van der Waals surface area (Å²) >= 11 is 1.58. The van der Waals surface area contributed by atoms with Crippen molar-refractivity contribution in [3.63, 3.8) is 0 Å². The first-order valence-corrected chi connectivity index (χ1v) is 26.6. The summed E-state index contributed by atoms with van der Waals surface area (Å²) in [6, 6.07) is 17.5. The molecule has 1 aliphatic heterocycles. The average molecular weight is 1100 g/mol. The number of hydrogen-bond acceptors (Lipinski definition) is 18. The van der Waals surface area contributed by atoms with Crippen LogP contribution in [0.2, 0.25) is 0 Å². The molecule has 5 heterocycles. The highest BCUT2D eigenvalue weighted by molar-refractivity contribution is 7.13. The van der Waals surface area contributed by atoms with E-state index in [1.165, 1.54) is 21.8 Å². The first-order chi connectivity index (χ1) is 37.5. The molecule has 4 amide bonds. The van der Waals surface area contributed by atoms with Gasteiger partial charge in [-0.25, -0.2) is 19.6 Å². The lowest BCUT2D eigenvalue weighted by Gasteiger charge is -2.35. The molecule has 4 aromatic heterocycles. The second-order valence-electron chi connectivity index (χ2n) is 19.2. The number of aromatic nitrogens is 5. The van der Waals surface area contributed by atoms with Gasteiger partial charge in [0.25, 0.3) is 11.5 Å². The van der Waals surface area contributed by atoms with E-state index in [1.54, 1.807) is 61.9 Å². The predicted octanol–water partition coefficient (Wildman–Crippen LogP) is 5.35. The third kappa shape index (κ3) is 18.3. The van der Waals surface area contributed by atoms with Gasteiger partial charge in [-0.15, -0.1) is 11.3 Å². The van der Waals surface area contributed by atoms with E-state index >= 15 is 0 Å². The van der Waals surface area contributed by atoms with Crippen LogP contribution in [0.25, 0.3) is 33.1 Å². The van der Waals surface area contributed by atoms with Crippen LogP contribution in [-0.4, -0.2) is 156 Å². The maximum absolute atomic E-state index is 13.6. The monoisotopic (exact) mass is 1100 g/mol. The van der Waals surface area contributed by atoms with Crippen molar-refractivity contribution < 1.29 is 57.1 Å². The zero-order valence-electron chi connectivity index (χ0n) is 45.3. The Morgan fingerprint density at radius 1 is 0.872 bits per heavy atom. The van der Waals surface area contributed by atoms with Gasteiger partial charge in [0.15, 0.2) is 5.58 Å². The molecule has 0 radical (unpaired) electrons. The van der Waals surface area contributed by atoms with Gasteiger partial charge in [0.1, 0.15) is 41.3 Å². The molecule has 23 heteroatoms. The molecule has 0 bridgehead atoms. The number of carbonyl (C=O) groups is 4. The number of aryl methyl sites for hydroxylation is 2. The molecule has 0 aliphatic carbocycles. The summed E-state index contributed by atoms with van der Waals surface area (Å²) in [4.78, 5) is 79.0. The Hall–Kier alpha value is -6.99. The Morgan fingerprint density at radius 3 is 2.23 bits per heavy atom. The fourth-order valence-electron chi connectivity index (χ4n) is 7.85. The highest BCUT2D eigenvalue weighted by atomic mass is 32.1. The van der Waals surface area contributed by atoms with Crippen molar-refractivity contribution in [2.24, 2.45) is 12.5 Å². The number of fused-ring (bicyclic) bond motifs is 1. The molecule has 1 aliphatic rings. The SMILES string of the molecule is CCCOCCOCCOCCOc1ccc(C(=O)Nc2ccc3oc(-c4ccc(=O)n(C)n4)nc3c2)nc1.COCCOCCC(=O)N[C@@H](C(=O)N1C[C@@H](O)C[C@@H]1C(=O)NCc1ccc(-c2scnc2C)cc1)C(C)(C)C. The van der Waals surface area contributed by atoms with E-state index in [1.807, 2.05) is 57.5 Å². The van der Waals surface area contributed by atoms with E-state index in [0.717, 1.165) is 34.7 Å². The van der Waals surface area contributed by atoms with E-state index in [0.29, 0.717) is 81.1 Å². The number of anilines is 1. The lowest BCUT2D eigenvalue weighted by Crippen LogP contribution is -2.57. The molecular weight excluding hydrogens is 1030 g/mol. The Labute approximate surface area is 457 Å². The molecule has 1 fully saturated rings. The van der Waals surface area contributed by atoms with Crippen molar-refractivity contribution >= 4 is 51.8 Å². The number of aliphatic hydroxyl groups is 1. The maximum Gasteiger partial charge on any atom is 0.274 e. The molecule has 4 N–H and O–H groups in total. The second kappa shape index (κ2) is 30.2. The summed E-state index contributed by atoms with van der Waals surface area (Å²) in [7, 11) is 3.12. The number of nitrogens with zero attached hydrogens (tertiary/aromatic N) is 6. The summed E-state index contributed by atoms with van der Waals surface area (Å²) < 4.78 is 39.1. The van der Waals surface area contributed by atoms with Gasteiger partial charge in [-0.3, -0.25) is 24.0 Å². The minimum absolute atomic E-state index is 0.0302. The van der Waals surface area contributed by atoms with Crippen LogP contribution >= 0.6 is 11.3 Å². The first-order valence-electron chi connectivity index (χ1n) is 25.7. The highest BCUT2D eigenvalue weighted by Crippen LogP contribution is 2.29. The number of β-amino-alcohol motifs (C(OH)–C–C–N with tert-alkyl or cyclic N) is 1. The van der Waals surface area contributed by atoms with Crippen molar-refractivity contribution in [2.75, 3.05) is 85.0 Å². The summed E-state index contributed by atoms with van der Waals surface area (Å²) in [5.41, 5.74) is 6.16. The second-order valence-corrected chi connectivity index (χ2v) is 20.1. The van der Waals surface area contributed by atoms with Gasteiger partial charge >= 0.3 is 0 Å². The van der Waals surface area contributed by atoms with Crippen LogP contribution in [0, 0.1) is 12.3 Å². The molecule has 22 nitrogen and oxygen atoms in total. The van der Waals surface area contributed by atoms with Crippen LogP contribution in [-0.2, 0) is 51.7 Å². The number of likely N-dealkylation sites (tertiary alicyclic amines) is 1. The number of rotatable bonds is 27. The number of nitrogens with one attached hydrogen (secondary N) is 3. The molecule has 6 aromatic rings. The molecule has 7 rings (SSSR count). The van der Waals surface area contributed by atoms with Gasteiger partial charge in [-0.2, -0.15) is 5.10 Å². The maximum atomic E-state index is 13.6.